The molecule has 0 atom stereocenters. The van der Waals surface area contributed by atoms with Gasteiger partial charge in [0.15, 0.2) is 0 Å². The minimum absolute atomic E-state index is 0.271. The number of halogens is 1. The second-order valence-corrected chi connectivity index (χ2v) is 5.02. The number of carbonyl (C=O) groups is 1. The van der Waals surface area contributed by atoms with Gasteiger partial charge >= 0.3 is 0 Å². The molecule has 1 aromatic heterocycles. The summed E-state index contributed by atoms with van der Waals surface area (Å²) in [5.74, 6) is 0.895. The lowest BCUT2D eigenvalue weighted by atomic mass is 10.2. The van der Waals surface area contributed by atoms with Gasteiger partial charge in [0.1, 0.15) is 12.1 Å². The van der Waals surface area contributed by atoms with Gasteiger partial charge in [-0.15, -0.1) is 0 Å². The number of anilines is 1. The standard InChI is InChI=1S/C12H15ClN4O2/c13-12-14-10-8-16(1-4-18)7-9(10)11(15-12)17-2-5-19-6-3-17/h4H,1-3,5-8H2. The fourth-order valence-corrected chi connectivity index (χ4v) is 2.73. The van der Waals surface area contributed by atoms with Crippen LogP contribution < -0.4 is 4.90 Å². The van der Waals surface area contributed by atoms with E-state index < -0.39 is 0 Å². The minimum Gasteiger partial charge on any atom is -0.378 e. The van der Waals surface area contributed by atoms with E-state index in [1.165, 1.54) is 0 Å². The van der Waals surface area contributed by atoms with Gasteiger partial charge in [0, 0.05) is 31.7 Å². The van der Waals surface area contributed by atoms with Crippen molar-refractivity contribution in [2.24, 2.45) is 0 Å². The van der Waals surface area contributed by atoms with Crippen LogP contribution in [0.15, 0.2) is 0 Å². The maximum absolute atomic E-state index is 10.6. The zero-order chi connectivity index (χ0) is 13.2. The van der Waals surface area contributed by atoms with Gasteiger partial charge < -0.3 is 14.4 Å². The van der Waals surface area contributed by atoms with Gasteiger partial charge in [0.2, 0.25) is 5.28 Å². The molecule has 0 spiro atoms. The molecule has 0 aromatic carbocycles. The van der Waals surface area contributed by atoms with E-state index in [-0.39, 0.29) is 5.28 Å². The molecule has 0 N–H and O–H groups in total. The molecule has 0 bridgehead atoms. The fourth-order valence-electron chi connectivity index (χ4n) is 2.54. The largest absolute Gasteiger partial charge is 0.378 e. The summed E-state index contributed by atoms with van der Waals surface area (Å²) in [5, 5.41) is 0.271. The molecular formula is C12H15ClN4O2. The lowest BCUT2D eigenvalue weighted by Crippen LogP contribution is -2.37. The van der Waals surface area contributed by atoms with Crippen LogP contribution in [0.1, 0.15) is 11.3 Å². The number of carbonyl (C=O) groups excluding carboxylic acids is 1. The zero-order valence-electron chi connectivity index (χ0n) is 10.5. The van der Waals surface area contributed by atoms with Crippen molar-refractivity contribution in [3.8, 4) is 0 Å². The van der Waals surface area contributed by atoms with Crippen LogP contribution in [0.25, 0.3) is 0 Å². The molecule has 0 aliphatic carbocycles. The summed E-state index contributed by atoms with van der Waals surface area (Å²) < 4.78 is 5.36. The first-order valence-electron chi connectivity index (χ1n) is 6.32. The second kappa shape index (κ2) is 5.40. The van der Waals surface area contributed by atoms with Crippen molar-refractivity contribution in [1.29, 1.82) is 0 Å². The van der Waals surface area contributed by atoms with Gasteiger partial charge in [-0.25, -0.2) is 9.97 Å². The van der Waals surface area contributed by atoms with Gasteiger partial charge in [-0.1, -0.05) is 0 Å². The summed E-state index contributed by atoms with van der Waals surface area (Å²) in [4.78, 5) is 23.5. The van der Waals surface area contributed by atoms with Crippen molar-refractivity contribution in [3.63, 3.8) is 0 Å². The number of rotatable bonds is 3. The Morgan fingerprint density at radius 3 is 2.79 bits per heavy atom. The van der Waals surface area contributed by atoms with Crippen molar-refractivity contribution in [3.05, 3.63) is 16.5 Å². The van der Waals surface area contributed by atoms with Crippen LogP contribution in [0.2, 0.25) is 5.28 Å². The van der Waals surface area contributed by atoms with Crippen LogP contribution in [-0.2, 0) is 22.6 Å². The molecule has 6 nitrogen and oxygen atoms in total. The lowest BCUT2D eigenvalue weighted by Gasteiger charge is -2.29. The van der Waals surface area contributed by atoms with Crippen LogP contribution in [0, 0.1) is 0 Å². The van der Waals surface area contributed by atoms with Gasteiger partial charge in [0.25, 0.3) is 0 Å². The summed E-state index contributed by atoms with van der Waals surface area (Å²) in [6, 6.07) is 0. The molecule has 3 rings (SSSR count). The number of hydrogen-bond donors (Lipinski definition) is 0. The van der Waals surface area contributed by atoms with E-state index in [9.17, 15) is 4.79 Å². The van der Waals surface area contributed by atoms with E-state index in [4.69, 9.17) is 16.3 Å². The Hall–Kier alpha value is -1.24. The molecule has 1 fully saturated rings. The number of hydrogen-bond acceptors (Lipinski definition) is 6. The highest BCUT2D eigenvalue weighted by Gasteiger charge is 2.27. The quantitative estimate of drug-likeness (QED) is 0.594. The first kappa shape index (κ1) is 12.8. The van der Waals surface area contributed by atoms with Crippen molar-refractivity contribution < 1.29 is 9.53 Å². The molecule has 1 saturated heterocycles. The van der Waals surface area contributed by atoms with Crippen molar-refractivity contribution in [1.82, 2.24) is 14.9 Å². The number of nitrogens with zero attached hydrogens (tertiary/aromatic N) is 4. The summed E-state index contributed by atoms with van der Waals surface area (Å²) in [5.41, 5.74) is 2.02. The van der Waals surface area contributed by atoms with E-state index in [1.807, 2.05) is 4.90 Å². The molecule has 1 aromatic rings. The third-order valence-electron chi connectivity index (χ3n) is 3.44. The first-order valence-corrected chi connectivity index (χ1v) is 6.69. The number of ether oxygens (including phenoxy) is 1. The average Bonchev–Trinajstić information content (AvgIpc) is 2.81. The van der Waals surface area contributed by atoms with Gasteiger partial charge in [-0.3, -0.25) is 4.90 Å². The normalized spacial score (nSPS) is 19.5. The molecule has 3 heterocycles. The molecule has 102 valence electrons. The van der Waals surface area contributed by atoms with E-state index in [0.717, 1.165) is 36.5 Å². The minimum atomic E-state index is 0.271. The molecule has 0 saturated carbocycles. The predicted octanol–water partition coefficient (Wildman–Crippen LogP) is 0.481. The average molecular weight is 283 g/mol. The Balaban J connectivity index is 1.91. The highest BCUT2D eigenvalue weighted by atomic mass is 35.5. The predicted molar refractivity (Wildman–Crippen MR) is 70.3 cm³/mol. The number of aldehydes is 1. The van der Waals surface area contributed by atoms with Gasteiger partial charge in [-0.2, -0.15) is 0 Å². The van der Waals surface area contributed by atoms with E-state index >= 15 is 0 Å². The van der Waals surface area contributed by atoms with E-state index in [0.29, 0.717) is 32.8 Å². The summed E-state index contributed by atoms with van der Waals surface area (Å²) in [6.07, 6.45) is 0.912. The number of morpholine rings is 1. The van der Waals surface area contributed by atoms with Crippen molar-refractivity contribution in [2.75, 3.05) is 37.7 Å². The summed E-state index contributed by atoms with van der Waals surface area (Å²) in [7, 11) is 0. The van der Waals surface area contributed by atoms with E-state index in [1.54, 1.807) is 0 Å². The smallest absolute Gasteiger partial charge is 0.224 e. The molecule has 2 aliphatic rings. The Labute approximate surface area is 116 Å². The Kier molecular flexibility index (Phi) is 3.63. The van der Waals surface area contributed by atoms with Crippen LogP contribution in [0.4, 0.5) is 5.82 Å². The summed E-state index contributed by atoms with van der Waals surface area (Å²) in [6.45, 7) is 4.81. The second-order valence-electron chi connectivity index (χ2n) is 4.68. The van der Waals surface area contributed by atoms with Crippen LogP contribution in [-0.4, -0.2) is 54.0 Å². The molecular weight excluding hydrogens is 268 g/mol. The highest BCUT2D eigenvalue weighted by Crippen LogP contribution is 2.30. The van der Waals surface area contributed by atoms with Gasteiger partial charge in [0.05, 0.1) is 25.5 Å². The summed E-state index contributed by atoms with van der Waals surface area (Å²) >= 11 is 6.00. The molecule has 0 unspecified atom stereocenters. The SMILES string of the molecule is O=CCN1Cc2nc(Cl)nc(N3CCOCC3)c2C1. The molecule has 0 amide bonds. The van der Waals surface area contributed by atoms with Gasteiger partial charge in [-0.05, 0) is 11.6 Å². The third kappa shape index (κ3) is 2.56. The fraction of sp³-hybridized carbons (Fsp3) is 0.583. The first-order chi connectivity index (χ1) is 9.28. The Morgan fingerprint density at radius 1 is 1.26 bits per heavy atom. The topological polar surface area (TPSA) is 58.6 Å². The lowest BCUT2D eigenvalue weighted by molar-refractivity contribution is -0.108. The number of aromatic nitrogens is 2. The number of fused-ring (bicyclic) bond motifs is 1. The van der Waals surface area contributed by atoms with E-state index in [2.05, 4.69) is 14.9 Å². The maximum atomic E-state index is 10.6. The molecule has 2 aliphatic heterocycles. The third-order valence-corrected chi connectivity index (χ3v) is 3.61. The molecule has 7 heteroatoms. The van der Waals surface area contributed by atoms with Crippen LogP contribution in [0.5, 0.6) is 0 Å². The monoisotopic (exact) mass is 282 g/mol. The maximum Gasteiger partial charge on any atom is 0.224 e. The Bertz CT molecular complexity index is 491. The van der Waals surface area contributed by atoms with Crippen molar-refractivity contribution >= 4 is 23.7 Å². The Morgan fingerprint density at radius 2 is 2.05 bits per heavy atom. The highest BCUT2D eigenvalue weighted by molar-refractivity contribution is 6.28. The van der Waals surface area contributed by atoms with Crippen LogP contribution >= 0.6 is 11.6 Å². The zero-order valence-corrected chi connectivity index (χ0v) is 11.3. The van der Waals surface area contributed by atoms with Crippen molar-refractivity contribution in [2.45, 2.75) is 13.1 Å². The molecule has 0 radical (unpaired) electrons. The van der Waals surface area contributed by atoms with Crippen LogP contribution in [0.3, 0.4) is 0 Å². The molecule has 19 heavy (non-hydrogen) atoms.